The highest BCUT2D eigenvalue weighted by atomic mass is 16.5. The van der Waals surface area contributed by atoms with Crippen LogP contribution in [0.5, 0.6) is 17.2 Å². The topological polar surface area (TPSA) is 70.0 Å². The predicted octanol–water partition coefficient (Wildman–Crippen LogP) is 2.41. The molecule has 0 N–H and O–H groups in total. The molecular formula is C21H24N2O5. The van der Waals surface area contributed by atoms with Crippen molar-refractivity contribution in [1.29, 1.82) is 0 Å². The Morgan fingerprint density at radius 3 is 2.36 bits per heavy atom. The van der Waals surface area contributed by atoms with Crippen LogP contribution in [0.4, 0.5) is 0 Å². The van der Waals surface area contributed by atoms with Crippen LogP contribution >= 0.6 is 0 Å². The minimum Gasteiger partial charge on any atom is -0.493 e. The first-order valence-corrected chi connectivity index (χ1v) is 9.41. The second-order valence-corrected chi connectivity index (χ2v) is 7.29. The van der Waals surface area contributed by atoms with Gasteiger partial charge < -0.3 is 23.7 Å². The van der Waals surface area contributed by atoms with Gasteiger partial charge in [-0.1, -0.05) is 0 Å². The quantitative estimate of drug-likeness (QED) is 0.765. The zero-order valence-electron chi connectivity index (χ0n) is 16.3. The minimum absolute atomic E-state index is 0.0184. The number of benzene rings is 1. The van der Waals surface area contributed by atoms with Crippen LogP contribution in [-0.4, -0.2) is 48.8 Å². The van der Waals surface area contributed by atoms with E-state index in [0.717, 1.165) is 18.5 Å². The minimum atomic E-state index is -0.111. The number of likely N-dealkylation sites (tertiary alicyclic amines) is 1. The molecule has 28 heavy (non-hydrogen) atoms. The zero-order valence-corrected chi connectivity index (χ0v) is 16.3. The van der Waals surface area contributed by atoms with E-state index in [1.807, 2.05) is 17.6 Å². The van der Waals surface area contributed by atoms with E-state index in [9.17, 15) is 9.59 Å². The van der Waals surface area contributed by atoms with Gasteiger partial charge in [-0.15, -0.1) is 0 Å². The molecule has 1 amide bonds. The maximum Gasteiger partial charge on any atom is 0.254 e. The third-order valence-corrected chi connectivity index (χ3v) is 5.21. The average Bonchev–Trinajstić information content (AvgIpc) is 3.47. The smallest absolute Gasteiger partial charge is 0.254 e. The lowest BCUT2D eigenvalue weighted by Gasteiger charge is -2.39. The van der Waals surface area contributed by atoms with Crippen LogP contribution in [0.2, 0.25) is 0 Å². The number of nitrogens with zero attached hydrogens (tertiary/aromatic N) is 2. The van der Waals surface area contributed by atoms with E-state index in [4.69, 9.17) is 14.2 Å². The number of methoxy groups -OCH3 is 2. The summed E-state index contributed by atoms with van der Waals surface area (Å²) in [7, 11) is 3.10. The van der Waals surface area contributed by atoms with E-state index in [0.29, 0.717) is 41.9 Å². The lowest BCUT2D eigenvalue weighted by molar-refractivity contribution is 0.0176. The van der Waals surface area contributed by atoms with Crippen LogP contribution in [0.1, 0.15) is 34.9 Å². The van der Waals surface area contributed by atoms with Gasteiger partial charge in [0.2, 0.25) is 0 Å². The summed E-state index contributed by atoms with van der Waals surface area (Å²) in [5.74, 6) is 1.59. The third kappa shape index (κ3) is 3.44. The first-order valence-electron chi connectivity index (χ1n) is 9.41. The van der Waals surface area contributed by atoms with Crippen LogP contribution < -0.4 is 19.8 Å². The van der Waals surface area contributed by atoms with Crippen molar-refractivity contribution in [2.24, 2.45) is 0 Å². The Balaban J connectivity index is 1.38. The van der Waals surface area contributed by atoms with Gasteiger partial charge in [0.25, 0.3) is 11.5 Å². The number of carbonyl (C=O) groups excluding carboxylic acids is 1. The normalized spacial score (nSPS) is 16.5. The molecule has 2 heterocycles. The van der Waals surface area contributed by atoms with Crippen molar-refractivity contribution in [3.63, 3.8) is 0 Å². The molecule has 148 valence electrons. The first kappa shape index (κ1) is 18.4. The van der Waals surface area contributed by atoms with Gasteiger partial charge in [-0.3, -0.25) is 9.59 Å². The Morgan fingerprint density at radius 1 is 1.04 bits per heavy atom. The van der Waals surface area contributed by atoms with Gasteiger partial charge in [0.15, 0.2) is 11.5 Å². The molecule has 0 unspecified atom stereocenters. The summed E-state index contributed by atoms with van der Waals surface area (Å²) in [4.78, 5) is 26.7. The van der Waals surface area contributed by atoms with Crippen LogP contribution in [0.25, 0.3) is 0 Å². The molecule has 7 nitrogen and oxygen atoms in total. The van der Waals surface area contributed by atoms with Gasteiger partial charge in [-0.25, -0.2) is 0 Å². The number of ether oxygens (including phenoxy) is 3. The lowest BCUT2D eigenvalue weighted by Crippen LogP contribution is -2.56. The summed E-state index contributed by atoms with van der Waals surface area (Å²) in [5.41, 5.74) is 1.44. The largest absolute Gasteiger partial charge is 0.493 e. The van der Waals surface area contributed by atoms with E-state index in [-0.39, 0.29) is 17.6 Å². The second kappa shape index (κ2) is 7.22. The molecule has 0 spiro atoms. The number of carbonyl (C=O) groups is 1. The Labute approximate surface area is 163 Å². The maximum absolute atomic E-state index is 12.6. The fraction of sp³-hybridized carbons (Fsp3) is 0.429. The van der Waals surface area contributed by atoms with Crippen molar-refractivity contribution in [3.8, 4) is 17.2 Å². The number of rotatable bonds is 6. The fourth-order valence-corrected chi connectivity index (χ4v) is 3.57. The number of amides is 1. The Morgan fingerprint density at radius 2 is 1.75 bits per heavy atom. The molecule has 1 aliphatic heterocycles. The molecule has 1 aromatic heterocycles. The van der Waals surface area contributed by atoms with Gasteiger partial charge in [0.05, 0.1) is 27.3 Å². The highest BCUT2D eigenvalue weighted by molar-refractivity contribution is 5.95. The van der Waals surface area contributed by atoms with Crippen LogP contribution in [-0.2, 0) is 0 Å². The van der Waals surface area contributed by atoms with Crippen LogP contribution in [0.3, 0.4) is 0 Å². The molecule has 1 saturated carbocycles. The molecule has 1 saturated heterocycles. The third-order valence-electron chi connectivity index (χ3n) is 5.21. The summed E-state index contributed by atoms with van der Waals surface area (Å²) >= 11 is 0. The molecule has 4 rings (SSSR count). The average molecular weight is 384 g/mol. The number of hydrogen-bond acceptors (Lipinski definition) is 5. The summed E-state index contributed by atoms with van der Waals surface area (Å²) in [6.07, 6.45) is 2.02. The van der Waals surface area contributed by atoms with Crippen molar-refractivity contribution in [2.45, 2.75) is 31.9 Å². The number of aromatic nitrogens is 1. The van der Waals surface area contributed by atoms with E-state index in [1.165, 1.54) is 0 Å². The lowest BCUT2D eigenvalue weighted by atomic mass is 10.1. The monoisotopic (exact) mass is 384 g/mol. The van der Waals surface area contributed by atoms with E-state index < -0.39 is 0 Å². The van der Waals surface area contributed by atoms with Gasteiger partial charge in [0.1, 0.15) is 11.9 Å². The molecule has 1 aromatic carbocycles. The standard InChI is InChI=1S/C21H24N2O5/c1-13-8-16(10-20(24)23(13)15-5-6-15)28-17-11-22(12-17)21(25)14-4-7-18(26-2)19(9-14)27-3/h4,7-10,15,17H,5-6,11-12H2,1-3H3. The predicted molar refractivity (Wildman–Crippen MR) is 104 cm³/mol. The summed E-state index contributed by atoms with van der Waals surface area (Å²) in [6, 6.07) is 8.91. The fourth-order valence-electron chi connectivity index (χ4n) is 3.57. The molecule has 1 aliphatic carbocycles. The maximum atomic E-state index is 12.6. The summed E-state index contributed by atoms with van der Waals surface area (Å²) in [6.45, 7) is 2.90. The molecule has 0 radical (unpaired) electrons. The summed E-state index contributed by atoms with van der Waals surface area (Å²) in [5, 5.41) is 0. The molecule has 2 aliphatic rings. The van der Waals surface area contributed by atoms with E-state index in [1.54, 1.807) is 43.4 Å². The first-order chi connectivity index (χ1) is 13.5. The molecule has 0 atom stereocenters. The molecular weight excluding hydrogens is 360 g/mol. The van der Waals surface area contributed by atoms with Gasteiger partial charge >= 0.3 is 0 Å². The number of hydrogen-bond donors (Lipinski definition) is 0. The van der Waals surface area contributed by atoms with Crippen LogP contribution in [0, 0.1) is 6.92 Å². The highest BCUT2D eigenvalue weighted by Crippen LogP contribution is 2.35. The van der Waals surface area contributed by atoms with Crippen LogP contribution in [0.15, 0.2) is 35.1 Å². The van der Waals surface area contributed by atoms with Crippen molar-refractivity contribution < 1.29 is 19.0 Å². The van der Waals surface area contributed by atoms with E-state index >= 15 is 0 Å². The SMILES string of the molecule is COc1ccc(C(=O)N2CC(Oc3cc(C)n(C4CC4)c(=O)c3)C2)cc1OC. The van der Waals surface area contributed by atoms with Gasteiger partial charge in [-0.2, -0.15) is 0 Å². The molecule has 2 aromatic rings. The van der Waals surface area contributed by atoms with Crippen molar-refractivity contribution in [3.05, 3.63) is 51.9 Å². The molecule has 7 heteroatoms. The summed E-state index contributed by atoms with van der Waals surface area (Å²) < 4.78 is 18.2. The van der Waals surface area contributed by atoms with Gasteiger partial charge in [0, 0.05) is 23.4 Å². The Bertz CT molecular complexity index is 958. The molecule has 0 bridgehead atoms. The van der Waals surface area contributed by atoms with E-state index in [2.05, 4.69) is 0 Å². The Hall–Kier alpha value is -2.96. The van der Waals surface area contributed by atoms with Crippen molar-refractivity contribution in [1.82, 2.24) is 9.47 Å². The van der Waals surface area contributed by atoms with Gasteiger partial charge in [-0.05, 0) is 44.0 Å². The Kier molecular flexibility index (Phi) is 4.75. The van der Waals surface area contributed by atoms with Crippen molar-refractivity contribution >= 4 is 5.91 Å². The zero-order chi connectivity index (χ0) is 19.8. The molecule has 2 fully saturated rings. The number of pyridine rings is 1. The van der Waals surface area contributed by atoms with Crippen molar-refractivity contribution in [2.75, 3.05) is 27.3 Å². The number of aryl methyl sites for hydroxylation is 1. The highest BCUT2D eigenvalue weighted by Gasteiger charge is 2.33. The second-order valence-electron chi connectivity index (χ2n) is 7.29.